The Morgan fingerprint density at radius 3 is 2.30 bits per heavy atom. The molecule has 122 valence electrons. The zero-order valence-electron chi connectivity index (χ0n) is 12.4. The first kappa shape index (κ1) is 17.5. The fraction of sp³-hybridized carbons (Fsp3) is 0.188. The van der Waals surface area contributed by atoms with Gasteiger partial charge in [0.2, 0.25) is 0 Å². The number of hydrogen-bond acceptors (Lipinski definition) is 3. The number of aliphatic carboxylic acids is 1. The van der Waals surface area contributed by atoms with Crippen LogP contribution in [0.3, 0.4) is 0 Å². The zero-order chi connectivity index (χ0) is 17.0. The molecule has 2 aromatic carbocycles. The van der Waals surface area contributed by atoms with E-state index in [0.717, 1.165) is 14.3 Å². The van der Waals surface area contributed by atoms with E-state index in [9.17, 15) is 13.2 Å². The Kier molecular flexibility index (Phi) is 5.43. The molecular formula is C16H16BrNO4S. The van der Waals surface area contributed by atoms with Gasteiger partial charge in [0.05, 0.1) is 10.6 Å². The van der Waals surface area contributed by atoms with Crippen molar-refractivity contribution >= 4 is 37.6 Å². The zero-order valence-corrected chi connectivity index (χ0v) is 14.8. The smallest absolute Gasteiger partial charge is 0.324 e. The molecule has 0 aromatic heterocycles. The molecule has 7 heteroatoms. The largest absolute Gasteiger partial charge is 0.480 e. The minimum Gasteiger partial charge on any atom is -0.480 e. The van der Waals surface area contributed by atoms with E-state index >= 15 is 0 Å². The summed E-state index contributed by atoms with van der Waals surface area (Å²) < 4.78 is 27.5. The van der Waals surface area contributed by atoms with Gasteiger partial charge in [-0.15, -0.1) is 0 Å². The number of carboxylic acid groups (broad SMARTS) is 1. The van der Waals surface area contributed by atoms with Crippen molar-refractivity contribution in [2.75, 3.05) is 10.8 Å². The van der Waals surface area contributed by atoms with Crippen LogP contribution < -0.4 is 4.31 Å². The standard InChI is InChI=1S/C16H16BrNO4S/c1-2-12-5-3-4-6-15(12)18(11-16(19)20)23(21,22)14-9-7-13(17)8-10-14/h3-10H,2,11H2,1H3,(H,19,20). The third-order valence-electron chi connectivity index (χ3n) is 3.32. The number of anilines is 1. The lowest BCUT2D eigenvalue weighted by Gasteiger charge is -2.25. The molecule has 0 aliphatic carbocycles. The van der Waals surface area contributed by atoms with Gasteiger partial charge in [-0.05, 0) is 42.3 Å². The predicted octanol–water partition coefficient (Wildman–Crippen LogP) is 3.29. The minimum atomic E-state index is -3.97. The fourth-order valence-corrected chi connectivity index (χ4v) is 3.93. The summed E-state index contributed by atoms with van der Waals surface area (Å²) >= 11 is 3.25. The molecule has 0 amide bonds. The summed E-state index contributed by atoms with van der Waals surface area (Å²) in [5, 5.41) is 9.15. The number of hydrogen-bond donors (Lipinski definition) is 1. The maximum atomic E-state index is 12.9. The van der Waals surface area contributed by atoms with Crippen molar-refractivity contribution in [2.24, 2.45) is 0 Å². The summed E-state index contributed by atoms with van der Waals surface area (Å²) in [6.45, 7) is 1.26. The molecule has 0 fully saturated rings. The highest BCUT2D eigenvalue weighted by atomic mass is 79.9. The maximum absolute atomic E-state index is 12.9. The van der Waals surface area contributed by atoms with Gasteiger partial charge in [0.25, 0.3) is 10.0 Å². The number of sulfonamides is 1. The van der Waals surface area contributed by atoms with Crippen LogP contribution in [0.25, 0.3) is 0 Å². The van der Waals surface area contributed by atoms with Crippen LogP contribution in [0.4, 0.5) is 5.69 Å². The summed E-state index contributed by atoms with van der Waals surface area (Å²) in [6, 6.07) is 13.0. The van der Waals surface area contributed by atoms with E-state index in [4.69, 9.17) is 5.11 Å². The molecule has 0 unspecified atom stereocenters. The number of aryl methyl sites for hydroxylation is 1. The fourth-order valence-electron chi connectivity index (χ4n) is 2.21. The van der Waals surface area contributed by atoms with Crippen molar-refractivity contribution in [3.8, 4) is 0 Å². The Morgan fingerprint density at radius 1 is 1.13 bits per heavy atom. The van der Waals surface area contributed by atoms with Gasteiger partial charge in [-0.3, -0.25) is 9.10 Å². The monoisotopic (exact) mass is 397 g/mol. The lowest BCUT2D eigenvalue weighted by molar-refractivity contribution is -0.135. The summed E-state index contributed by atoms with van der Waals surface area (Å²) in [5.41, 5.74) is 1.16. The van der Waals surface area contributed by atoms with Crippen LogP contribution in [-0.4, -0.2) is 26.0 Å². The summed E-state index contributed by atoms with van der Waals surface area (Å²) in [5.74, 6) is -1.21. The van der Waals surface area contributed by atoms with Crippen molar-refractivity contribution in [1.82, 2.24) is 0 Å². The molecule has 0 aliphatic heterocycles. The Balaban J connectivity index is 2.58. The van der Waals surface area contributed by atoms with Crippen LogP contribution in [0, 0.1) is 0 Å². The lowest BCUT2D eigenvalue weighted by atomic mass is 10.1. The molecule has 0 saturated heterocycles. The average Bonchev–Trinajstić information content (AvgIpc) is 2.52. The number of carboxylic acids is 1. The lowest BCUT2D eigenvalue weighted by Crippen LogP contribution is -2.36. The SMILES string of the molecule is CCc1ccccc1N(CC(=O)O)S(=O)(=O)c1ccc(Br)cc1. The van der Waals surface area contributed by atoms with Gasteiger partial charge in [-0.2, -0.15) is 0 Å². The van der Waals surface area contributed by atoms with Crippen molar-refractivity contribution < 1.29 is 18.3 Å². The van der Waals surface area contributed by atoms with E-state index in [0.29, 0.717) is 12.1 Å². The van der Waals surface area contributed by atoms with E-state index in [-0.39, 0.29) is 4.90 Å². The highest BCUT2D eigenvalue weighted by molar-refractivity contribution is 9.10. The third kappa shape index (κ3) is 3.92. The predicted molar refractivity (Wildman–Crippen MR) is 92.1 cm³/mol. The minimum absolute atomic E-state index is 0.0489. The molecule has 0 radical (unpaired) electrons. The molecule has 0 spiro atoms. The second-order valence-electron chi connectivity index (χ2n) is 4.84. The Bertz CT molecular complexity index is 803. The number of carbonyl (C=O) groups is 1. The van der Waals surface area contributed by atoms with E-state index in [1.165, 1.54) is 12.1 Å². The summed E-state index contributed by atoms with van der Waals surface area (Å²) in [7, 11) is -3.97. The van der Waals surface area contributed by atoms with E-state index in [2.05, 4.69) is 15.9 Å². The first-order chi connectivity index (χ1) is 10.9. The number of halogens is 1. The number of nitrogens with zero attached hydrogens (tertiary/aromatic N) is 1. The van der Waals surface area contributed by atoms with E-state index in [1.807, 2.05) is 6.92 Å². The number of para-hydroxylation sites is 1. The normalized spacial score (nSPS) is 11.2. The second kappa shape index (κ2) is 7.14. The van der Waals surface area contributed by atoms with Crippen molar-refractivity contribution in [2.45, 2.75) is 18.2 Å². The average molecular weight is 398 g/mol. The van der Waals surface area contributed by atoms with Gasteiger partial charge in [0.15, 0.2) is 0 Å². The van der Waals surface area contributed by atoms with Gasteiger partial charge >= 0.3 is 5.97 Å². The first-order valence-electron chi connectivity index (χ1n) is 6.94. The molecule has 5 nitrogen and oxygen atoms in total. The van der Waals surface area contributed by atoms with Crippen LogP contribution >= 0.6 is 15.9 Å². The molecule has 0 saturated carbocycles. The molecule has 0 aliphatic rings. The Labute approximate surface area is 143 Å². The number of rotatable bonds is 6. The van der Waals surface area contributed by atoms with Crippen LogP contribution in [0.15, 0.2) is 57.9 Å². The molecule has 0 bridgehead atoms. The van der Waals surface area contributed by atoms with Crippen molar-refractivity contribution in [1.29, 1.82) is 0 Å². The molecule has 0 heterocycles. The van der Waals surface area contributed by atoms with Crippen LogP contribution in [-0.2, 0) is 21.2 Å². The first-order valence-corrected chi connectivity index (χ1v) is 9.17. The molecule has 1 N–H and O–H groups in total. The molecule has 2 rings (SSSR count). The third-order valence-corrected chi connectivity index (χ3v) is 5.62. The van der Waals surface area contributed by atoms with Gasteiger partial charge < -0.3 is 5.11 Å². The van der Waals surface area contributed by atoms with Crippen molar-refractivity contribution in [3.05, 3.63) is 58.6 Å². The van der Waals surface area contributed by atoms with Gasteiger partial charge in [0, 0.05) is 4.47 Å². The maximum Gasteiger partial charge on any atom is 0.324 e. The topological polar surface area (TPSA) is 74.7 Å². The van der Waals surface area contributed by atoms with Crippen molar-refractivity contribution in [3.63, 3.8) is 0 Å². The van der Waals surface area contributed by atoms with Gasteiger partial charge in [-0.1, -0.05) is 41.1 Å². The van der Waals surface area contributed by atoms with E-state index < -0.39 is 22.5 Å². The second-order valence-corrected chi connectivity index (χ2v) is 7.62. The molecule has 2 aromatic rings. The van der Waals surface area contributed by atoms with Gasteiger partial charge in [0.1, 0.15) is 6.54 Å². The summed E-state index contributed by atoms with van der Waals surface area (Å²) in [4.78, 5) is 11.3. The van der Waals surface area contributed by atoms with Crippen LogP contribution in [0.5, 0.6) is 0 Å². The van der Waals surface area contributed by atoms with Crippen LogP contribution in [0.2, 0.25) is 0 Å². The summed E-state index contributed by atoms with van der Waals surface area (Å²) in [6.07, 6.45) is 0.599. The highest BCUT2D eigenvalue weighted by Crippen LogP contribution is 2.28. The highest BCUT2D eigenvalue weighted by Gasteiger charge is 2.28. The quantitative estimate of drug-likeness (QED) is 0.811. The van der Waals surface area contributed by atoms with E-state index in [1.54, 1.807) is 36.4 Å². The Morgan fingerprint density at radius 2 is 1.74 bits per heavy atom. The Hall–Kier alpha value is -1.86. The molecular weight excluding hydrogens is 382 g/mol. The molecule has 23 heavy (non-hydrogen) atoms. The van der Waals surface area contributed by atoms with Crippen LogP contribution in [0.1, 0.15) is 12.5 Å². The van der Waals surface area contributed by atoms with Gasteiger partial charge in [-0.25, -0.2) is 8.42 Å². The number of benzene rings is 2. The molecule has 0 atom stereocenters.